The number of benzene rings is 5. The second-order valence-corrected chi connectivity index (χ2v) is 11.0. The molecule has 7 rings (SSSR count). The van der Waals surface area contributed by atoms with Gasteiger partial charge in [0.1, 0.15) is 0 Å². The molecule has 0 fully saturated rings. The number of nitriles is 1. The van der Waals surface area contributed by atoms with E-state index in [1.165, 1.54) is 22.3 Å². The summed E-state index contributed by atoms with van der Waals surface area (Å²) in [6, 6.07) is 46.2. The molecule has 1 aliphatic carbocycles. The summed E-state index contributed by atoms with van der Waals surface area (Å²) in [5.41, 5.74) is 12.6. The quantitative estimate of drug-likeness (QED) is 0.230. The fourth-order valence-electron chi connectivity index (χ4n) is 5.93. The van der Waals surface area contributed by atoms with Crippen molar-refractivity contribution in [3.63, 3.8) is 0 Å². The lowest BCUT2D eigenvalue weighted by atomic mass is 9.81. The van der Waals surface area contributed by atoms with Crippen LogP contribution in [0.1, 0.15) is 30.5 Å². The van der Waals surface area contributed by atoms with Crippen LogP contribution in [0, 0.1) is 11.3 Å². The van der Waals surface area contributed by atoms with Crippen LogP contribution >= 0.6 is 0 Å². The average Bonchev–Trinajstić information content (AvgIpc) is 3.27. The molecular formula is C38H27N3. The van der Waals surface area contributed by atoms with Gasteiger partial charge in [-0.05, 0) is 63.7 Å². The van der Waals surface area contributed by atoms with Crippen LogP contribution in [0.3, 0.4) is 0 Å². The molecule has 3 heteroatoms. The molecule has 0 saturated heterocycles. The van der Waals surface area contributed by atoms with Crippen molar-refractivity contribution in [1.29, 1.82) is 5.26 Å². The van der Waals surface area contributed by atoms with Gasteiger partial charge in [0.2, 0.25) is 0 Å². The first-order valence-electron chi connectivity index (χ1n) is 13.8. The summed E-state index contributed by atoms with van der Waals surface area (Å²) in [4.78, 5) is 9.95. The first-order chi connectivity index (χ1) is 20.0. The van der Waals surface area contributed by atoms with E-state index >= 15 is 0 Å². The molecule has 41 heavy (non-hydrogen) atoms. The largest absolute Gasteiger partial charge is 0.228 e. The van der Waals surface area contributed by atoms with Gasteiger partial charge in [0.15, 0.2) is 5.82 Å². The smallest absolute Gasteiger partial charge is 0.160 e. The van der Waals surface area contributed by atoms with E-state index < -0.39 is 0 Å². The zero-order valence-electron chi connectivity index (χ0n) is 23.0. The first-order valence-corrected chi connectivity index (χ1v) is 13.8. The van der Waals surface area contributed by atoms with Crippen LogP contribution in [-0.4, -0.2) is 9.97 Å². The Morgan fingerprint density at radius 2 is 1.15 bits per heavy atom. The summed E-state index contributed by atoms with van der Waals surface area (Å²) in [6.07, 6.45) is 0. The number of fused-ring (bicyclic) bond motifs is 3. The van der Waals surface area contributed by atoms with Crippen LogP contribution in [0.2, 0.25) is 0 Å². The van der Waals surface area contributed by atoms with Crippen molar-refractivity contribution in [1.82, 2.24) is 9.97 Å². The summed E-state index contributed by atoms with van der Waals surface area (Å²) >= 11 is 0. The lowest BCUT2D eigenvalue weighted by molar-refractivity contribution is 0.660. The predicted octanol–water partition coefficient (Wildman–Crippen LogP) is 9.32. The normalized spacial score (nSPS) is 12.8. The molecule has 6 aromatic rings. The molecule has 1 heterocycles. The van der Waals surface area contributed by atoms with Crippen molar-refractivity contribution >= 4 is 0 Å². The van der Waals surface area contributed by atoms with Gasteiger partial charge in [-0.2, -0.15) is 5.26 Å². The third-order valence-corrected chi connectivity index (χ3v) is 8.12. The third kappa shape index (κ3) is 4.31. The van der Waals surface area contributed by atoms with Crippen molar-refractivity contribution in [3.05, 3.63) is 144 Å². The van der Waals surface area contributed by atoms with Gasteiger partial charge in [0, 0.05) is 22.1 Å². The van der Waals surface area contributed by atoms with Gasteiger partial charge in [-0.3, -0.25) is 0 Å². The zero-order chi connectivity index (χ0) is 28.0. The second kappa shape index (κ2) is 9.70. The molecule has 0 saturated carbocycles. The van der Waals surface area contributed by atoms with Crippen molar-refractivity contribution in [2.75, 3.05) is 0 Å². The molecule has 0 spiro atoms. The molecule has 5 aromatic carbocycles. The minimum atomic E-state index is -0.152. The van der Waals surface area contributed by atoms with Crippen molar-refractivity contribution in [3.8, 4) is 62.2 Å². The van der Waals surface area contributed by atoms with E-state index in [2.05, 4.69) is 86.6 Å². The van der Waals surface area contributed by atoms with Gasteiger partial charge < -0.3 is 0 Å². The summed E-state index contributed by atoms with van der Waals surface area (Å²) in [5, 5.41) is 9.47. The van der Waals surface area contributed by atoms with Gasteiger partial charge in [-0.25, -0.2) is 9.97 Å². The SMILES string of the molecule is CC1(C)c2ccc(-c3cccc(-c4cc(-c5ccccc5)nc(-c5ccccc5)n4)c3)cc2-c2ccc(C#N)cc21. The molecule has 194 valence electrons. The highest BCUT2D eigenvalue weighted by Crippen LogP contribution is 2.50. The first kappa shape index (κ1) is 24.7. The molecule has 0 amide bonds. The highest BCUT2D eigenvalue weighted by Gasteiger charge is 2.35. The van der Waals surface area contributed by atoms with Crippen LogP contribution < -0.4 is 0 Å². The Morgan fingerprint density at radius 1 is 0.512 bits per heavy atom. The Labute approximate surface area is 240 Å². The number of hydrogen-bond acceptors (Lipinski definition) is 3. The molecular weight excluding hydrogens is 498 g/mol. The van der Waals surface area contributed by atoms with E-state index in [0.29, 0.717) is 11.4 Å². The van der Waals surface area contributed by atoms with E-state index in [9.17, 15) is 5.26 Å². The highest BCUT2D eigenvalue weighted by molar-refractivity contribution is 5.85. The fourth-order valence-corrected chi connectivity index (χ4v) is 5.93. The van der Waals surface area contributed by atoms with Crippen LogP contribution in [0.5, 0.6) is 0 Å². The van der Waals surface area contributed by atoms with E-state index in [1.54, 1.807) is 0 Å². The van der Waals surface area contributed by atoms with E-state index in [-0.39, 0.29) is 5.41 Å². The van der Waals surface area contributed by atoms with Crippen molar-refractivity contribution in [2.24, 2.45) is 0 Å². The highest BCUT2D eigenvalue weighted by atomic mass is 14.9. The van der Waals surface area contributed by atoms with Gasteiger partial charge in [0.25, 0.3) is 0 Å². The molecule has 0 bridgehead atoms. The summed E-state index contributed by atoms with van der Waals surface area (Å²) < 4.78 is 0. The molecule has 0 atom stereocenters. The summed E-state index contributed by atoms with van der Waals surface area (Å²) in [7, 11) is 0. The van der Waals surface area contributed by atoms with Crippen LogP contribution in [0.4, 0.5) is 0 Å². The fraction of sp³-hybridized carbons (Fsp3) is 0.0789. The lowest BCUT2D eigenvalue weighted by Gasteiger charge is -2.21. The average molecular weight is 526 g/mol. The topological polar surface area (TPSA) is 49.6 Å². The number of aromatic nitrogens is 2. The van der Waals surface area contributed by atoms with Crippen molar-refractivity contribution in [2.45, 2.75) is 19.3 Å². The van der Waals surface area contributed by atoms with Gasteiger partial charge in [-0.1, -0.05) is 111 Å². The molecule has 1 aromatic heterocycles. The minimum absolute atomic E-state index is 0.152. The number of nitrogens with zero attached hydrogens (tertiary/aromatic N) is 3. The Morgan fingerprint density at radius 3 is 1.88 bits per heavy atom. The van der Waals surface area contributed by atoms with E-state index in [1.807, 2.05) is 60.7 Å². The summed E-state index contributed by atoms with van der Waals surface area (Å²) in [5.74, 6) is 0.709. The number of rotatable bonds is 4. The Bertz CT molecular complexity index is 1910. The molecule has 0 unspecified atom stereocenters. The molecule has 0 radical (unpaired) electrons. The summed E-state index contributed by atoms with van der Waals surface area (Å²) in [6.45, 7) is 4.48. The molecule has 0 N–H and O–H groups in total. The molecule has 0 aliphatic heterocycles. The monoisotopic (exact) mass is 525 g/mol. The van der Waals surface area contributed by atoms with Gasteiger partial charge in [-0.15, -0.1) is 0 Å². The van der Waals surface area contributed by atoms with Crippen LogP contribution in [-0.2, 0) is 5.41 Å². The second-order valence-electron chi connectivity index (χ2n) is 11.0. The predicted molar refractivity (Wildman–Crippen MR) is 166 cm³/mol. The Hall–Kier alpha value is -5.33. The maximum Gasteiger partial charge on any atom is 0.160 e. The Kier molecular flexibility index (Phi) is 5.84. The molecule has 1 aliphatic rings. The van der Waals surface area contributed by atoms with E-state index in [0.717, 1.165) is 39.2 Å². The number of hydrogen-bond donors (Lipinski definition) is 0. The third-order valence-electron chi connectivity index (χ3n) is 8.12. The minimum Gasteiger partial charge on any atom is -0.228 e. The maximum atomic E-state index is 9.47. The Balaban J connectivity index is 1.34. The van der Waals surface area contributed by atoms with Crippen LogP contribution in [0.25, 0.3) is 56.2 Å². The van der Waals surface area contributed by atoms with E-state index in [4.69, 9.17) is 9.97 Å². The zero-order valence-corrected chi connectivity index (χ0v) is 23.0. The van der Waals surface area contributed by atoms with Gasteiger partial charge in [0.05, 0.1) is 23.0 Å². The molecule has 3 nitrogen and oxygen atoms in total. The maximum absolute atomic E-state index is 9.47. The standard InChI is InChI=1S/C38H27N3/c1-38(2)33-19-17-29(22-32(33)31-18-16-25(24-39)20-34(31)38)28-14-9-15-30(21-28)36-23-35(26-10-5-3-6-11-26)40-37(41-36)27-12-7-4-8-13-27/h3-23H,1-2H3. The van der Waals surface area contributed by atoms with Crippen molar-refractivity contribution < 1.29 is 0 Å². The van der Waals surface area contributed by atoms with Gasteiger partial charge >= 0.3 is 0 Å². The lowest BCUT2D eigenvalue weighted by Crippen LogP contribution is -2.15. The van der Waals surface area contributed by atoms with Crippen LogP contribution in [0.15, 0.2) is 127 Å².